The molecule has 0 aromatic heterocycles. The number of hydrogen-bond acceptors (Lipinski definition) is 3. The lowest BCUT2D eigenvalue weighted by Crippen LogP contribution is -2.39. The molecule has 1 aliphatic carbocycles. The number of aliphatic hydroxyl groups excluding tert-OH is 2. The lowest BCUT2D eigenvalue weighted by molar-refractivity contribution is 0.0773. The molecule has 1 aromatic carbocycles. The van der Waals surface area contributed by atoms with Gasteiger partial charge < -0.3 is 10.2 Å². The summed E-state index contributed by atoms with van der Waals surface area (Å²) in [7, 11) is 0. The van der Waals surface area contributed by atoms with Gasteiger partial charge in [0.25, 0.3) is 0 Å². The first-order valence-corrected chi connectivity index (χ1v) is 8.87. The first kappa shape index (κ1) is 16.3. The summed E-state index contributed by atoms with van der Waals surface area (Å²) in [5.41, 5.74) is 0.896. The third-order valence-electron chi connectivity index (χ3n) is 5.28. The maximum Gasteiger partial charge on any atom is 0.0917 e. The summed E-state index contributed by atoms with van der Waals surface area (Å²) in [6.07, 6.45) is 6.60. The minimum atomic E-state index is -0.520. The zero-order valence-corrected chi connectivity index (χ0v) is 13.8. The molecule has 0 unspecified atom stereocenters. The van der Waals surface area contributed by atoms with Gasteiger partial charge >= 0.3 is 0 Å². The normalized spacial score (nSPS) is 28.9. The van der Waals surface area contributed by atoms with Crippen molar-refractivity contribution in [2.75, 3.05) is 13.1 Å². The van der Waals surface area contributed by atoms with Gasteiger partial charge in [0.05, 0.1) is 12.2 Å². The molecule has 0 spiro atoms. The molecule has 22 heavy (non-hydrogen) atoms. The number of nitrogens with zero attached hydrogens (tertiary/aromatic N) is 1. The molecule has 1 saturated carbocycles. The van der Waals surface area contributed by atoms with E-state index in [-0.39, 0.29) is 6.10 Å². The van der Waals surface area contributed by atoms with Crippen LogP contribution in [0.15, 0.2) is 24.3 Å². The minimum absolute atomic E-state index is 0.246. The van der Waals surface area contributed by atoms with Crippen LogP contribution in [0.25, 0.3) is 0 Å². The van der Waals surface area contributed by atoms with Crippen molar-refractivity contribution >= 4 is 11.6 Å². The van der Waals surface area contributed by atoms with E-state index in [4.69, 9.17) is 11.6 Å². The molecule has 3 rings (SSSR count). The van der Waals surface area contributed by atoms with E-state index in [1.807, 2.05) is 24.3 Å². The predicted molar refractivity (Wildman–Crippen MR) is 89.0 cm³/mol. The molecule has 1 aromatic rings. The van der Waals surface area contributed by atoms with E-state index in [2.05, 4.69) is 4.90 Å². The van der Waals surface area contributed by atoms with E-state index in [1.165, 1.54) is 32.1 Å². The molecule has 4 heteroatoms. The monoisotopic (exact) mass is 323 g/mol. The topological polar surface area (TPSA) is 43.7 Å². The molecule has 0 radical (unpaired) electrons. The van der Waals surface area contributed by atoms with Gasteiger partial charge in [-0.2, -0.15) is 0 Å². The lowest BCUT2D eigenvalue weighted by Gasteiger charge is -2.34. The summed E-state index contributed by atoms with van der Waals surface area (Å²) in [6, 6.07) is 7.83. The number of benzene rings is 1. The molecular formula is C18H26ClNO2. The van der Waals surface area contributed by atoms with Crippen molar-refractivity contribution in [3.05, 3.63) is 34.9 Å². The first-order chi connectivity index (χ1) is 10.6. The largest absolute Gasteiger partial charge is 0.392 e. The fraction of sp³-hybridized carbons (Fsp3) is 0.667. The van der Waals surface area contributed by atoms with Crippen LogP contribution in [0.3, 0.4) is 0 Å². The van der Waals surface area contributed by atoms with Crippen LogP contribution in [-0.2, 0) is 0 Å². The van der Waals surface area contributed by atoms with Crippen molar-refractivity contribution in [2.45, 2.75) is 56.8 Å². The number of halogens is 1. The number of rotatable bonds is 4. The van der Waals surface area contributed by atoms with E-state index >= 15 is 0 Å². The third-order valence-corrected chi connectivity index (χ3v) is 5.54. The summed E-state index contributed by atoms with van der Waals surface area (Å²) in [6.45, 7) is 1.28. The van der Waals surface area contributed by atoms with Gasteiger partial charge in [-0.15, -0.1) is 0 Å². The Morgan fingerprint density at radius 2 is 1.82 bits per heavy atom. The van der Waals surface area contributed by atoms with Crippen molar-refractivity contribution in [3.63, 3.8) is 0 Å². The smallest absolute Gasteiger partial charge is 0.0917 e. The summed E-state index contributed by atoms with van der Waals surface area (Å²) in [5, 5.41) is 21.3. The molecule has 0 amide bonds. The zero-order chi connectivity index (χ0) is 15.5. The van der Waals surface area contributed by atoms with Crippen LogP contribution >= 0.6 is 11.6 Å². The third kappa shape index (κ3) is 3.83. The van der Waals surface area contributed by atoms with Gasteiger partial charge in [0, 0.05) is 24.2 Å². The molecular weight excluding hydrogens is 298 g/mol. The fourth-order valence-electron chi connectivity index (χ4n) is 4.14. The maximum atomic E-state index is 10.5. The zero-order valence-electron chi connectivity index (χ0n) is 13.0. The van der Waals surface area contributed by atoms with Crippen LogP contribution in [-0.4, -0.2) is 40.3 Å². The second-order valence-corrected chi connectivity index (χ2v) is 7.31. The van der Waals surface area contributed by atoms with E-state index in [1.54, 1.807) is 0 Å². The van der Waals surface area contributed by atoms with Crippen molar-refractivity contribution in [2.24, 2.45) is 5.92 Å². The summed E-state index contributed by atoms with van der Waals surface area (Å²) in [4.78, 5) is 2.31. The Labute approximate surface area is 137 Å². The molecule has 3 atom stereocenters. The highest BCUT2D eigenvalue weighted by Crippen LogP contribution is 2.35. The van der Waals surface area contributed by atoms with Gasteiger partial charge in [0.1, 0.15) is 0 Å². The van der Waals surface area contributed by atoms with Gasteiger partial charge in [-0.3, -0.25) is 4.90 Å². The van der Waals surface area contributed by atoms with Crippen molar-refractivity contribution in [1.82, 2.24) is 4.90 Å². The minimum Gasteiger partial charge on any atom is -0.392 e. The molecule has 2 fully saturated rings. The van der Waals surface area contributed by atoms with Crippen LogP contribution in [0.1, 0.15) is 50.2 Å². The molecule has 122 valence electrons. The van der Waals surface area contributed by atoms with Crippen molar-refractivity contribution < 1.29 is 10.2 Å². The first-order valence-electron chi connectivity index (χ1n) is 8.49. The van der Waals surface area contributed by atoms with Crippen LogP contribution in [0, 0.1) is 5.92 Å². The van der Waals surface area contributed by atoms with E-state index in [9.17, 15) is 10.2 Å². The lowest BCUT2D eigenvalue weighted by atomic mass is 9.82. The molecule has 2 aliphatic rings. The van der Waals surface area contributed by atoms with Crippen LogP contribution < -0.4 is 0 Å². The van der Waals surface area contributed by atoms with Crippen LogP contribution in [0.4, 0.5) is 0 Å². The molecule has 3 nitrogen and oxygen atoms in total. The van der Waals surface area contributed by atoms with Gasteiger partial charge in [-0.1, -0.05) is 43.0 Å². The molecule has 1 heterocycles. The van der Waals surface area contributed by atoms with Crippen LogP contribution in [0.2, 0.25) is 5.02 Å². The van der Waals surface area contributed by atoms with Gasteiger partial charge in [-0.25, -0.2) is 0 Å². The summed E-state index contributed by atoms with van der Waals surface area (Å²) < 4.78 is 0. The van der Waals surface area contributed by atoms with Gasteiger partial charge in [0.2, 0.25) is 0 Å². The fourth-order valence-corrected chi connectivity index (χ4v) is 4.27. The second-order valence-electron chi connectivity index (χ2n) is 6.88. The summed E-state index contributed by atoms with van der Waals surface area (Å²) >= 11 is 5.91. The Morgan fingerprint density at radius 3 is 2.50 bits per heavy atom. The second kappa shape index (κ2) is 7.31. The Balaban J connectivity index is 1.65. The van der Waals surface area contributed by atoms with Gasteiger partial charge in [0.15, 0.2) is 0 Å². The quantitative estimate of drug-likeness (QED) is 0.892. The maximum absolute atomic E-state index is 10.5. The Bertz CT molecular complexity index is 472. The average molecular weight is 324 g/mol. The standard InChI is InChI=1S/C18H26ClNO2/c19-15-8-6-14(7-9-15)18(22)12-20-11-16(21)10-17(20)13-4-2-1-3-5-13/h6-9,13,16-18,21-22H,1-5,10-12H2/t16-,17+,18+/m1/s1. The van der Waals surface area contributed by atoms with Crippen molar-refractivity contribution in [1.29, 1.82) is 0 Å². The highest BCUT2D eigenvalue weighted by molar-refractivity contribution is 6.30. The Kier molecular flexibility index (Phi) is 5.40. The highest BCUT2D eigenvalue weighted by Gasteiger charge is 2.37. The van der Waals surface area contributed by atoms with E-state index in [0.717, 1.165) is 12.0 Å². The molecule has 2 N–H and O–H groups in total. The number of β-amino-alcohol motifs (C(OH)–C–C–N with tert-alkyl or cyclic N) is 2. The van der Waals surface area contributed by atoms with Crippen LogP contribution in [0.5, 0.6) is 0 Å². The van der Waals surface area contributed by atoms with E-state index < -0.39 is 6.10 Å². The Morgan fingerprint density at radius 1 is 1.14 bits per heavy atom. The van der Waals surface area contributed by atoms with Crippen molar-refractivity contribution in [3.8, 4) is 0 Å². The predicted octanol–water partition coefficient (Wildman–Crippen LogP) is 3.39. The molecule has 1 aliphatic heterocycles. The Hall–Kier alpha value is -0.610. The van der Waals surface area contributed by atoms with E-state index in [0.29, 0.717) is 30.1 Å². The number of aliphatic hydroxyl groups is 2. The molecule has 0 bridgehead atoms. The van der Waals surface area contributed by atoms with Gasteiger partial charge in [-0.05, 0) is 42.9 Å². The average Bonchev–Trinajstić information content (AvgIpc) is 2.89. The molecule has 1 saturated heterocycles. The SMILES string of the molecule is O[C@@H]1C[C@@H](C2CCCCC2)N(C[C@H](O)c2ccc(Cl)cc2)C1. The number of hydrogen-bond donors (Lipinski definition) is 2. The number of likely N-dealkylation sites (tertiary alicyclic amines) is 1. The summed E-state index contributed by atoms with van der Waals surface area (Å²) in [5.74, 6) is 0.684. The highest BCUT2D eigenvalue weighted by atomic mass is 35.5.